The Bertz CT molecular complexity index is 1320. The molecule has 1 aromatic carbocycles. The first-order chi connectivity index (χ1) is 15.0. The fraction of sp³-hybridized carbons (Fsp3) is 0.435. The smallest absolute Gasteiger partial charge is 0.260 e. The van der Waals surface area contributed by atoms with Crippen molar-refractivity contribution in [3.05, 3.63) is 51.9 Å². The molecule has 3 heterocycles. The van der Waals surface area contributed by atoms with E-state index in [0.717, 1.165) is 5.39 Å². The number of hydrogen-bond donors (Lipinski definition) is 1. The summed E-state index contributed by atoms with van der Waals surface area (Å²) in [6.45, 7) is 6.67. The van der Waals surface area contributed by atoms with Crippen molar-refractivity contribution in [1.29, 1.82) is 0 Å². The van der Waals surface area contributed by atoms with Crippen molar-refractivity contribution in [1.82, 2.24) is 14.5 Å². The zero-order valence-electron chi connectivity index (χ0n) is 18.8. The van der Waals surface area contributed by atoms with Gasteiger partial charge in [-0.1, -0.05) is 50.6 Å². The van der Waals surface area contributed by atoms with Crippen LogP contribution in [0.3, 0.4) is 0 Å². The highest BCUT2D eigenvalue weighted by Crippen LogP contribution is 2.28. The fourth-order valence-electron chi connectivity index (χ4n) is 3.94. The second-order valence-corrected chi connectivity index (χ2v) is 12.2. The zero-order chi connectivity index (χ0) is 23.1. The third kappa shape index (κ3) is 5.86. The van der Waals surface area contributed by atoms with Crippen LogP contribution in [0.15, 0.2) is 41.3 Å². The Labute approximate surface area is 204 Å². The Morgan fingerprint density at radius 2 is 1.82 bits per heavy atom. The lowest BCUT2D eigenvalue weighted by atomic mass is 9.96. The second-order valence-electron chi connectivity index (χ2n) is 9.53. The van der Waals surface area contributed by atoms with Crippen LogP contribution in [-0.4, -0.2) is 40.5 Å². The Morgan fingerprint density at radius 3 is 2.45 bits per heavy atom. The average molecular weight is 511 g/mol. The summed E-state index contributed by atoms with van der Waals surface area (Å²) in [5, 5.41) is 4.50. The third-order valence-electron chi connectivity index (χ3n) is 5.51. The molecule has 0 amide bonds. The molecule has 0 bridgehead atoms. The summed E-state index contributed by atoms with van der Waals surface area (Å²) in [4.78, 5) is 22.7. The Balaban J connectivity index is 0.00000306. The normalized spacial score (nSPS) is 16.4. The van der Waals surface area contributed by atoms with E-state index in [2.05, 4.69) is 36.1 Å². The number of aromatic nitrogens is 3. The molecule has 33 heavy (non-hydrogen) atoms. The van der Waals surface area contributed by atoms with Gasteiger partial charge in [-0.15, -0.1) is 12.4 Å². The molecule has 0 aliphatic carbocycles. The molecule has 178 valence electrons. The molecule has 3 aromatic rings. The number of benzene rings is 1. The molecule has 1 aliphatic rings. The van der Waals surface area contributed by atoms with Gasteiger partial charge in [-0.3, -0.25) is 9.36 Å². The average Bonchev–Trinajstić information content (AvgIpc) is 2.71. The maximum absolute atomic E-state index is 13.5. The standard InChI is InChI=1S/C23H27ClN4O3S.ClH/c1-23(2,3)14-28-20-15(12-18(21(28)29)17-6-4-5-7-19(17)24)13-25-22(27-20)26-16-8-10-32(30,31)11-9-16;/h4-7,12-13,16H,8-11,14H2,1-3H3,(H,25,26,27);1H. The summed E-state index contributed by atoms with van der Waals surface area (Å²) >= 11 is 6.39. The van der Waals surface area contributed by atoms with Gasteiger partial charge in [0.15, 0.2) is 0 Å². The van der Waals surface area contributed by atoms with Crippen molar-refractivity contribution in [2.75, 3.05) is 16.8 Å². The van der Waals surface area contributed by atoms with Gasteiger partial charge in [0, 0.05) is 40.3 Å². The third-order valence-corrected chi connectivity index (χ3v) is 7.56. The molecule has 2 aromatic heterocycles. The van der Waals surface area contributed by atoms with E-state index in [4.69, 9.17) is 11.6 Å². The summed E-state index contributed by atoms with van der Waals surface area (Å²) in [6, 6.07) is 9.06. The number of hydrogen-bond acceptors (Lipinski definition) is 6. The van der Waals surface area contributed by atoms with Gasteiger partial charge in [0.05, 0.1) is 11.5 Å². The van der Waals surface area contributed by atoms with Crippen LogP contribution in [0.25, 0.3) is 22.2 Å². The molecule has 1 saturated heterocycles. The van der Waals surface area contributed by atoms with E-state index in [0.29, 0.717) is 47.1 Å². The first-order valence-electron chi connectivity index (χ1n) is 10.6. The van der Waals surface area contributed by atoms with E-state index in [1.807, 2.05) is 18.2 Å². The number of sulfone groups is 1. The number of pyridine rings is 1. The molecular weight excluding hydrogens is 483 g/mol. The minimum absolute atomic E-state index is 0. The molecule has 0 saturated carbocycles. The Hall–Kier alpha value is -2.16. The molecule has 10 heteroatoms. The second kappa shape index (κ2) is 9.60. The number of anilines is 1. The minimum atomic E-state index is -2.95. The topological polar surface area (TPSA) is 94.0 Å². The summed E-state index contributed by atoms with van der Waals surface area (Å²) in [6.07, 6.45) is 2.73. The monoisotopic (exact) mass is 510 g/mol. The molecule has 0 spiro atoms. The van der Waals surface area contributed by atoms with E-state index in [1.165, 1.54) is 0 Å². The van der Waals surface area contributed by atoms with E-state index in [9.17, 15) is 13.2 Å². The van der Waals surface area contributed by atoms with Crippen molar-refractivity contribution >= 4 is 50.8 Å². The van der Waals surface area contributed by atoms with Gasteiger partial charge in [0.1, 0.15) is 15.5 Å². The summed E-state index contributed by atoms with van der Waals surface area (Å²) in [5.41, 5.74) is 1.41. The Kier molecular flexibility index (Phi) is 7.41. The van der Waals surface area contributed by atoms with Crippen molar-refractivity contribution in [3.63, 3.8) is 0 Å². The quantitative estimate of drug-likeness (QED) is 0.552. The number of nitrogens with zero attached hydrogens (tertiary/aromatic N) is 3. The molecule has 0 unspecified atom stereocenters. The SMILES string of the molecule is CC(C)(C)Cn1c(=O)c(-c2ccccc2Cl)cc2cnc(NC3CCS(=O)(=O)CC3)nc21.Cl. The van der Waals surface area contributed by atoms with Crippen LogP contribution >= 0.6 is 24.0 Å². The number of halogens is 2. The number of nitrogens with one attached hydrogen (secondary N) is 1. The van der Waals surface area contributed by atoms with Gasteiger partial charge >= 0.3 is 0 Å². The highest BCUT2D eigenvalue weighted by molar-refractivity contribution is 7.91. The van der Waals surface area contributed by atoms with Crippen LogP contribution in [0.2, 0.25) is 5.02 Å². The molecule has 1 N–H and O–H groups in total. The lowest BCUT2D eigenvalue weighted by Gasteiger charge is -2.24. The van der Waals surface area contributed by atoms with Crippen LogP contribution in [0, 0.1) is 5.41 Å². The van der Waals surface area contributed by atoms with Gasteiger partial charge in [-0.25, -0.2) is 13.4 Å². The molecule has 1 fully saturated rings. The highest BCUT2D eigenvalue weighted by atomic mass is 35.5. The molecule has 0 atom stereocenters. The van der Waals surface area contributed by atoms with E-state index >= 15 is 0 Å². The van der Waals surface area contributed by atoms with Gasteiger partial charge < -0.3 is 5.32 Å². The van der Waals surface area contributed by atoms with Crippen LogP contribution in [0.4, 0.5) is 5.95 Å². The summed E-state index contributed by atoms with van der Waals surface area (Å²) < 4.78 is 25.1. The van der Waals surface area contributed by atoms with E-state index < -0.39 is 9.84 Å². The lowest BCUT2D eigenvalue weighted by molar-refractivity contribution is 0.343. The van der Waals surface area contributed by atoms with Crippen LogP contribution in [-0.2, 0) is 16.4 Å². The van der Waals surface area contributed by atoms with Crippen molar-refractivity contribution in [2.24, 2.45) is 5.41 Å². The summed E-state index contributed by atoms with van der Waals surface area (Å²) in [5.74, 6) is 0.719. The minimum Gasteiger partial charge on any atom is -0.351 e. The van der Waals surface area contributed by atoms with Crippen molar-refractivity contribution < 1.29 is 8.42 Å². The van der Waals surface area contributed by atoms with E-state index in [1.54, 1.807) is 22.9 Å². The maximum Gasteiger partial charge on any atom is 0.260 e. The molecule has 4 rings (SSSR count). The first-order valence-corrected chi connectivity index (χ1v) is 12.8. The van der Waals surface area contributed by atoms with Crippen LogP contribution in [0.5, 0.6) is 0 Å². The van der Waals surface area contributed by atoms with Crippen LogP contribution in [0.1, 0.15) is 33.6 Å². The zero-order valence-corrected chi connectivity index (χ0v) is 21.2. The highest BCUT2D eigenvalue weighted by Gasteiger charge is 2.25. The van der Waals surface area contributed by atoms with Gasteiger partial charge in [0.2, 0.25) is 5.95 Å². The molecule has 7 nitrogen and oxygen atoms in total. The predicted molar refractivity (Wildman–Crippen MR) is 136 cm³/mol. The van der Waals surface area contributed by atoms with E-state index in [-0.39, 0.29) is 40.9 Å². The van der Waals surface area contributed by atoms with Gasteiger partial charge in [-0.2, -0.15) is 4.98 Å². The lowest BCUT2D eigenvalue weighted by Crippen LogP contribution is -2.33. The maximum atomic E-state index is 13.5. The first kappa shape index (κ1) is 25.5. The Morgan fingerprint density at radius 1 is 1.15 bits per heavy atom. The molecular formula is C23H28Cl2N4O3S. The van der Waals surface area contributed by atoms with Gasteiger partial charge in [-0.05, 0) is 30.4 Å². The molecule has 1 aliphatic heterocycles. The van der Waals surface area contributed by atoms with Crippen molar-refractivity contribution in [2.45, 2.75) is 46.2 Å². The summed E-state index contributed by atoms with van der Waals surface area (Å²) in [7, 11) is -2.95. The number of fused-ring (bicyclic) bond motifs is 1. The molecule has 0 radical (unpaired) electrons. The van der Waals surface area contributed by atoms with Crippen molar-refractivity contribution in [3.8, 4) is 11.1 Å². The number of rotatable bonds is 4. The largest absolute Gasteiger partial charge is 0.351 e. The predicted octanol–water partition coefficient (Wildman–Crippen LogP) is 4.57. The fourth-order valence-corrected chi connectivity index (χ4v) is 5.67. The van der Waals surface area contributed by atoms with Crippen LogP contribution < -0.4 is 10.9 Å². The van der Waals surface area contributed by atoms with Gasteiger partial charge in [0.25, 0.3) is 5.56 Å².